The summed E-state index contributed by atoms with van der Waals surface area (Å²) in [5, 5.41) is 0.768. The molecule has 0 radical (unpaired) electrons. The maximum absolute atomic E-state index is 4.40. The fourth-order valence-electron chi connectivity index (χ4n) is 1.46. The second-order valence-corrected chi connectivity index (χ2v) is 4.26. The monoisotopic (exact) mass is 218 g/mol. The van der Waals surface area contributed by atoms with E-state index in [0.29, 0.717) is 5.92 Å². The maximum Gasteiger partial charge on any atom is 0.119 e. The van der Waals surface area contributed by atoms with Crippen LogP contribution in [0.25, 0.3) is 11.3 Å². The Morgan fingerprint density at radius 2 is 1.87 bits per heavy atom. The molecule has 1 aromatic carbocycles. The fourth-order valence-corrected chi connectivity index (χ4v) is 1.75. The molecule has 0 saturated heterocycles. The van der Waals surface area contributed by atoms with Gasteiger partial charge in [0.25, 0.3) is 0 Å². The molecule has 3 heteroatoms. The molecular formula is C12H14N2S. The Hall–Kier alpha value is -1.22. The van der Waals surface area contributed by atoms with E-state index in [1.54, 1.807) is 0 Å². The molecule has 15 heavy (non-hydrogen) atoms. The van der Waals surface area contributed by atoms with E-state index in [0.717, 1.165) is 22.1 Å². The van der Waals surface area contributed by atoms with Gasteiger partial charge in [-0.15, -0.1) is 12.6 Å². The molecule has 0 fully saturated rings. The van der Waals surface area contributed by atoms with Crippen LogP contribution in [0.3, 0.4) is 0 Å². The molecule has 78 valence electrons. The van der Waals surface area contributed by atoms with E-state index in [2.05, 4.69) is 48.6 Å². The van der Waals surface area contributed by atoms with Crippen molar-refractivity contribution < 1.29 is 0 Å². The molecule has 2 nitrogen and oxygen atoms in total. The van der Waals surface area contributed by atoms with Gasteiger partial charge in [-0.25, -0.2) is 4.98 Å². The van der Waals surface area contributed by atoms with Crippen molar-refractivity contribution >= 4 is 12.6 Å². The van der Waals surface area contributed by atoms with Crippen LogP contribution >= 0.6 is 12.6 Å². The van der Waals surface area contributed by atoms with Gasteiger partial charge in [0.05, 0.1) is 5.69 Å². The minimum atomic E-state index is 0.397. The minimum Gasteiger partial charge on any atom is -0.341 e. The quantitative estimate of drug-likeness (QED) is 0.742. The highest BCUT2D eigenvalue weighted by Gasteiger charge is 2.10. The van der Waals surface area contributed by atoms with Crippen molar-refractivity contribution in [1.29, 1.82) is 0 Å². The molecule has 1 heterocycles. The number of nitrogens with zero attached hydrogens (tertiary/aromatic N) is 1. The van der Waals surface area contributed by atoms with Crippen LogP contribution in [0.1, 0.15) is 25.6 Å². The number of hydrogen-bond acceptors (Lipinski definition) is 2. The molecule has 0 unspecified atom stereocenters. The summed E-state index contributed by atoms with van der Waals surface area (Å²) in [6, 6.07) is 10.1. The van der Waals surface area contributed by atoms with Crippen molar-refractivity contribution in [2.24, 2.45) is 0 Å². The number of nitrogens with one attached hydrogen (secondary N) is 1. The average Bonchev–Trinajstić information content (AvgIpc) is 2.62. The summed E-state index contributed by atoms with van der Waals surface area (Å²) >= 11 is 4.38. The summed E-state index contributed by atoms with van der Waals surface area (Å²) in [6.45, 7) is 4.22. The van der Waals surface area contributed by atoms with Crippen LogP contribution in [0.4, 0.5) is 0 Å². The molecule has 0 aliphatic rings. The zero-order chi connectivity index (χ0) is 10.8. The van der Waals surface area contributed by atoms with Gasteiger partial charge in [-0.05, 0) is 0 Å². The van der Waals surface area contributed by atoms with Gasteiger partial charge in [-0.2, -0.15) is 0 Å². The van der Waals surface area contributed by atoms with Crippen LogP contribution in [0, 0.1) is 0 Å². The predicted octanol–water partition coefficient (Wildman–Crippen LogP) is 3.49. The first kappa shape index (κ1) is 10.3. The lowest BCUT2D eigenvalue weighted by molar-refractivity contribution is 0.788. The summed E-state index contributed by atoms with van der Waals surface area (Å²) < 4.78 is 0. The SMILES string of the molecule is CC(C)c1nc(S)c(-c2ccccc2)[nH]1. The van der Waals surface area contributed by atoms with Crippen LogP contribution in [0.15, 0.2) is 35.4 Å². The van der Waals surface area contributed by atoms with E-state index in [1.807, 2.05) is 18.2 Å². The smallest absolute Gasteiger partial charge is 0.119 e. The van der Waals surface area contributed by atoms with Gasteiger partial charge >= 0.3 is 0 Å². The van der Waals surface area contributed by atoms with Crippen molar-refractivity contribution in [3.63, 3.8) is 0 Å². The molecule has 0 bridgehead atoms. The van der Waals surface area contributed by atoms with Crippen molar-refractivity contribution in [2.75, 3.05) is 0 Å². The zero-order valence-corrected chi connectivity index (χ0v) is 9.75. The standard InChI is InChI=1S/C12H14N2S/c1-8(2)11-13-10(12(15)14-11)9-6-4-3-5-7-9/h3-8,15H,1-2H3,(H,13,14). The van der Waals surface area contributed by atoms with Crippen LogP contribution in [0.5, 0.6) is 0 Å². The minimum absolute atomic E-state index is 0.397. The lowest BCUT2D eigenvalue weighted by Crippen LogP contribution is -1.89. The first-order chi connectivity index (χ1) is 7.18. The first-order valence-electron chi connectivity index (χ1n) is 5.02. The molecule has 1 aromatic heterocycles. The molecule has 0 spiro atoms. The molecule has 1 N–H and O–H groups in total. The van der Waals surface area contributed by atoms with Crippen molar-refractivity contribution in [3.8, 4) is 11.3 Å². The summed E-state index contributed by atoms with van der Waals surface area (Å²) in [5.41, 5.74) is 2.13. The average molecular weight is 218 g/mol. The highest BCUT2D eigenvalue weighted by atomic mass is 32.1. The lowest BCUT2D eigenvalue weighted by Gasteiger charge is -1.99. The second kappa shape index (κ2) is 4.11. The molecular weight excluding hydrogens is 204 g/mol. The van der Waals surface area contributed by atoms with Gasteiger partial charge in [0.2, 0.25) is 0 Å². The van der Waals surface area contributed by atoms with E-state index in [4.69, 9.17) is 0 Å². The Morgan fingerprint density at radius 1 is 1.20 bits per heavy atom. The number of aromatic nitrogens is 2. The number of benzene rings is 1. The van der Waals surface area contributed by atoms with Gasteiger partial charge in [0.15, 0.2) is 0 Å². The Kier molecular flexibility index (Phi) is 2.82. The Labute approximate surface area is 95.2 Å². The van der Waals surface area contributed by atoms with E-state index in [9.17, 15) is 0 Å². The van der Waals surface area contributed by atoms with Crippen molar-refractivity contribution in [3.05, 3.63) is 36.2 Å². The van der Waals surface area contributed by atoms with Crippen molar-refractivity contribution in [2.45, 2.75) is 24.8 Å². The summed E-state index contributed by atoms with van der Waals surface area (Å²) in [4.78, 5) is 7.70. The third kappa shape index (κ3) is 2.07. The molecule has 0 amide bonds. The number of aromatic amines is 1. The molecule has 2 aromatic rings. The number of H-pyrrole nitrogens is 1. The molecule has 0 atom stereocenters. The molecule has 0 aliphatic carbocycles. The first-order valence-corrected chi connectivity index (χ1v) is 5.47. The van der Waals surface area contributed by atoms with Crippen LogP contribution in [-0.2, 0) is 0 Å². The van der Waals surface area contributed by atoms with Gasteiger partial charge < -0.3 is 4.98 Å². The summed E-state index contributed by atoms with van der Waals surface area (Å²) in [7, 11) is 0. The van der Waals surface area contributed by atoms with E-state index in [1.165, 1.54) is 0 Å². The topological polar surface area (TPSA) is 28.7 Å². The normalized spacial score (nSPS) is 10.9. The third-order valence-corrected chi connectivity index (χ3v) is 2.64. The summed E-state index contributed by atoms with van der Waals surface area (Å²) in [5.74, 6) is 1.38. The Balaban J connectivity index is 2.45. The number of thiol groups is 1. The van der Waals surface area contributed by atoms with Crippen molar-refractivity contribution in [1.82, 2.24) is 9.97 Å². The second-order valence-electron chi connectivity index (χ2n) is 3.84. The fraction of sp³-hybridized carbons (Fsp3) is 0.250. The zero-order valence-electron chi connectivity index (χ0n) is 8.86. The number of rotatable bonds is 2. The molecule has 2 rings (SSSR count). The summed E-state index contributed by atoms with van der Waals surface area (Å²) in [6.07, 6.45) is 0. The maximum atomic E-state index is 4.40. The third-order valence-electron chi connectivity index (χ3n) is 2.31. The predicted molar refractivity (Wildman–Crippen MR) is 65.4 cm³/mol. The highest BCUT2D eigenvalue weighted by Crippen LogP contribution is 2.26. The number of imidazole rings is 1. The van der Waals surface area contributed by atoms with E-state index in [-0.39, 0.29) is 0 Å². The highest BCUT2D eigenvalue weighted by molar-refractivity contribution is 7.80. The molecule has 0 aliphatic heterocycles. The van der Waals surface area contributed by atoms with Crippen LogP contribution in [-0.4, -0.2) is 9.97 Å². The van der Waals surface area contributed by atoms with E-state index >= 15 is 0 Å². The Morgan fingerprint density at radius 3 is 2.40 bits per heavy atom. The lowest BCUT2D eigenvalue weighted by atomic mass is 10.2. The molecule has 0 saturated carbocycles. The largest absolute Gasteiger partial charge is 0.341 e. The Bertz CT molecular complexity index is 446. The van der Waals surface area contributed by atoms with Gasteiger partial charge in [0.1, 0.15) is 10.9 Å². The van der Waals surface area contributed by atoms with Gasteiger partial charge in [-0.1, -0.05) is 44.2 Å². The van der Waals surface area contributed by atoms with Crippen LogP contribution in [0.2, 0.25) is 0 Å². The van der Waals surface area contributed by atoms with Crippen LogP contribution < -0.4 is 0 Å². The van der Waals surface area contributed by atoms with E-state index < -0.39 is 0 Å². The number of hydrogen-bond donors (Lipinski definition) is 2. The van der Waals surface area contributed by atoms with Gasteiger partial charge in [0, 0.05) is 11.5 Å². The van der Waals surface area contributed by atoms with Gasteiger partial charge in [-0.3, -0.25) is 0 Å².